The fourth-order valence-corrected chi connectivity index (χ4v) is 1.18. The van der Waals surface area contributed by atoms with E-state index < -0.39 is 18.2 Å². The Balaban J connectivity index is 3.13. The molecule has 0 amide bonds. The summed E-state index contributed by atoms with van der Waals surface area (Å²) < 4.78 is 13.1. The van der Waals surface area contributed by atoms with E-state index >= 15 is 0 Å². The molecule has 0 radical (unpaired) electrons. The van der Waals surface area contributed by atoms with E-state index in [9.17, 15) is 4.39 Å². The van der Waals surface area contributed by atoms with Gasteiger partial charge in [-0.15, -0.1) is 0 Å². The summed E-state index contributed by atoms with van der Waals surface area (Å²) in [6.45, 7) is 0.0599. The number of hydrogen-bond donors (Lipinski definition) is 3. The third-order valence-electron chi connectivity index (χ3n) is 1.85. The van der Waals surface area contributed by atoms with Gasteiger partial charge in [0.05, 0.1) is 6.61 Å². The number of aliphatic hydroxyl groups is 1. The van der Waals surface area contributed by atoms with Crippen LogP contribution in [0.1, 0.15) is 11.1 Å². The lowest BCUT2D eigenvalue weighted by atomic mass is 10.1. The smallest absolute Gasteiger partial charge is 0.170 e. The van der Waals surface area contributed by atoms with Gasteiger partial charge >= 0.3 is 0 Å². The summed E-state index contributed by atoms with van der Waals surface area (Å²) in [4.78, 5) is 0. The maximum atomic E-state index is 13.1. The normalized spacial score (nSPS) is 10.4. The number of aliphatic hydroxyl groups excluding tert-OH is 1. The zero-order valence-corrected chi connectivity index (χ0v) is 7.34. The first-order valence-corrected chi connectivity index (χ1v) is 3.95. The lowest BCUT2D eigenvalue weighted by Gasteiger charge is -2.08. The van der Waals surface area contributed by atoms with E-state index in [1.54, 1.807) is 13.1 Å². The lowest BCUT2D eigenvalue weighted by Crippen LogP contribution is -2.09. The average Bonchev–Trinajstić information content (AvgIpc) is 2.12. The molecule has 0 aliphatic carbocycles. The molecule has 0 spiro atoms. The molecule has 0 unspecified atom stereocenters. The van der Waals surface area contributed by atoms with Crippen LogP contribution in [0.4, 0.5) is 4.39 Å². The van der Waals surface area contributed by atoms with Crippen LogP contribution in [-0.2, 0) is 13.2 Å². The molecule has 72 valence electrons. The second-order valence-corrected chi connectivity index (χ2v) is 2.72. The minimum absolute atomic E-state index is 0.148. The molecule has 1 rings (SSSR count). The zero-order chi connectivity index (χ0) is 9.84. The summed E-state index contributed by atoms with van der Waals surface area (Å²) in [7, 11) is 1.73. The number of hydrogen-bond acceptors (Lipinski definition) is 3. The van der Waals surface area contributed by atoms with Gasteiger partial charge in [0.15, 0.2) is 11.6 Å². The number of nitrogens with one attached hydrogen (secondary N) is 1. The molecule has 0 aliphatic heterocycles. The van der Waals surface area contributed by atoms with E-state index in [4.69, 9.17) is 10.2 Å². The number of rotatable bonds is 3. The molecule has 0 fully saturated rings. The maximum absolute atomic E-state index is 13.1. The van der Waals surface area contributed by atoms with Crippen molar-refractivity contribution in [3.05, 3.63) is 29.1 Å². The number of phenolic OH excluding ortho intramolecular Hbond substituents is 1. The summed E-state index contributed by atoms with van der Waals surface area (Å²) in [6, 6.07) is 2.86. The first-order chi connectivity index (χ1) is 6.20. The molecule has 1 aromatic rings. The maximum Gasteiger partial charge on any atom is 0.170 e. The number of phenols is 1. The molecule has 13 heavy (non-hydrogen) atoms. The molecule has 1 aromatic carbocycles. The third-order valence-corrected chi connectivity index (χ3v) is 1.85. The van der Waals surface area contributed by atoms with Crippen LogP contribution in [0.2, 0.25) is 0 Å². The quantitative estimate of drug-likeness (QED) is 0.651. The molecule has 4 heteroatoms. The molecular formula is C9H12FNO2. The summed E-state index contributed by atoms with van der Waals surface area (Å²) in [5.41, 5.74) is 0.801. The zero-order valence-electron chi connectivity index (χ0n) is 7.34. The average molecular weight is 185 g/mol. The minimum Gasteiger partial charge on any atom is -0.505 e. The monoisotopic (exact) mass is 185 g/mol. The van der Waals surface area contributed by atoms with Crippen LogP contribution >= 0.6 is 0 Å². The first-order valence-electron chi connectivity index (χ1n) is 3.95. The van der Waals surface area contributed by atoms with E-state index in [1.807, 2.05) is 0 Å². The van der Waals surface area contributed by atoms with Gasteiger partial charge in [-0.3, -0.25) is 0 Å². The van der Waals surface area contributed by atoms with Crippen molar-refractivity contribution in [1.82, 2.24) is 5.32 Å². The second-order valence-electron chi connectivity index (χ2n) is 2.72. The molecule has 0 saturated heterocycles. The van der Waals surface area contributed by atoms with Crippen LogP contribution in [0.3, 0.4) is 0 Å². The minimum atomic E-state index is -0.741. The largest absolute Gasteiger partial charge is 0.505 e. The van der Waals surface area contributed by atoms with Crippen molar-refractivity contribution in [2.45, 2.75) is 13.2 Å². The standard InChI is InChI=1S/C9H12FNO2/c1-11-4-6-2-3-8(13)9(10)7(6)5-12/h2-3,11-13H,4-5H2,1H3. The third kappa shape index (κ3) is 1.96. The Kier molecular flexibility index (Phi) is 3.22. The van der Waals surface area contributed by atoms with E-state index in [0.29, 0.717) is 12.1 Å². The van der Waals surface area contributed by atoms with Crippen LogP contribution in [-0.4, -0.2) is 17.3 Å². The molecule has 3 N–H and O–H groups in total. The highest BCUT2D eigenvalue weighted by atomic mass is 19.1. The Hall–Kier alpha value is -1.13. The van der Waals surface area contributed by atoms with Crippen molar-refractivity contribution in [3.63, 3.8) is 0 Å². The Bertz CT molecular complexity index is 302. The van der Waals surface area contributed by atoms with Crippen molar-refractivity contribution in [2.24, 2.45) is 0 Å². The van der Waals surface area contributed by atoms with Gasteiger partial charge < -0.3 is 15.5 Å². The summed E-state index contributed by atoms with van der Waals surface area (Å²) >= 11 is 0. The Morgan fingerprint density at radius 2 is 2.15 bits per heavy atom. The topological polar surface area (TPSA) is 52.5 Å². The highest BCUT2D eigenvalue weighted by Crippen LogP contribution is 2.22. The van der Waals surface area contributed by atoms with Gasteiger partial charge in [-0.2, -0.15) is 0 Å². The van der Waals surface area contributed by atoms with Gasteiger partial charge in [-0.05, 0) is 18.7 Å². The van der Waals surface area contributed by atoms with Crippen LogP contribution in [0.25, 0.3) is 0 Å². The van der Waals surface area contributed by atoms with Crippen LogP contribution < -0.4 is 5.32 Å². The van der Waals surface area contributed by atoms with Gasteiger partial charge in [0.1, 0.15) is 0 Å². The van der Waals surface area contributed by atoms with E-state index in [1.165, 1.54) is 6.07 Å². The number of halogens is 1. The van der Waals surface area contributed by atoms with Crippen molar-refractivity contribution in [1.29, 1.82) is 0 Å². The molecule has 0 heterocycles. The van der Waals surface area contributed by atoms with Gasteiger partial charge in [0, 0.05) is 12.1 Å². The Morgan fingerprint density at radius 1 is 1.46 bits per heavy atom. The van der Waals surface area contributed by atoms with E-state index in [0.717, 1.165) is 0 Å². The highest BCUT2D eigenvalue weighted by Gasteiger charge is 2.10. The van der Waals surface area contributed by atoms with Crippen molar-refractivity contribution < 1.29 is 14.6 Å². The van der Waals surface area contributed by atoms with Gasteiger partial charge in [0.2, 0.25) is 0 Å². The van der Waals surface area contributed by atoms with Crippen molar-refractivity contribution in [2.75, 3.05) is 7.05 Å². The van der Waals surface area contributed by atoms with Crippen molar-refractivity contribution in [3.8, 4) is 5.75 Å². The van der Waals surface area contributed by atoms with E-state index in [2.05, 4.69) is 5.32 Å². The fourth-order valence-electron chi connectivity index (χ4n) is 1.18. The first kappa shape index (κ1) is 9.95. The second kappa shape index (κ2) is 4.20. The highest BCUT2D eigenvalue weighted by molar-refractivity contribution is 5.36. The predicted molar refractivity (Wildman–Crippen MR) is 46.8 cm³/mol. The van der Waals surface area contributed by atoms with Crippen LogP contribution in [0.15, 0.2) is 12.1 Å². The van der Waals surface area contributed by atoms with Gasteiger partial charge in [-0.1, -0.05) is 6.07 Å². The SMILES string of the molecule is CNCc1ccc(O)c(F)c1CO. The molecule has 3 nitrogen and oxygen atoms in total. The van der Waals surface area contributed by atoms with Crippen LogP contribution in [0, 0.1) is 5.82 Å². The molecule has 0 atom stereocenters. The molecule has 0 aliphatic rings. The summed E-state index contributed by atoms with van der Waals surface area (Å²) in [5.74, 6) is -1.17. The summed E-state index contributed by atoms with van der Waals surface area (Å²) in [6.07, 6.45) is 0. The Morgan fingerprint density at radius 3 is 2.69 bits per heavy atom. The fraction of sp³-hybridized carbons (Fsp3) is 0.333. The summed E-state index contributed by atoms with van der Waals surface area (Å²) in [5, 5.41) is 20.7. The predicted octanol–water partition coefficient (Wildman–Crippen LogP) is 0.743. The molecule has 0 bridgehead atoms. The van der Waals surface area contributed by atoms with Gasteiger partial charge in [-0.25, -0.2) is 4.39 Å². The Labute approximate surface area is 75.8 Å². The number of aromatic hydroxyl groups is 1. The van der Waals surface area contributed by atoms with E-state index in [-0.39, 0.29) is 5.56 Å². The van der Waals surface area contributed by atoms with Crippen LogP contribution in [0.5, 0.6) is 5.75 Å². The van der Waals surface area contributed by atoms with Gasteiger partial charge in [0.25, 0.3) is 0 Å². The molecular weight excluding hydrogens is 173 g/mol. The van der Waals surface area contributed by atoms with Crippen molar-refractivity contribution >= 4 is 0 Å². The molecule has 0 saturated carbocycles. The molecule has 0 aromatic heterocycles. The number of benzene rings is 1. The lowest BCUT2D eigenvalue weighted by molar-refractivity contribution is 0.271.